The highest BCUT2D eigenvalue weighted by molar-refractivity contribution is 5.80. The summed E-state index contributed by atoms with van der Waals surface area (Å²) in [6.07, 6.45) is 0.917. The minimum Gasteiger partial charge on any atom is -0.469 e. The van der Waals surface area contributed by atoms with Crippen LogP contribution < -0.4 is 10.6 Å². The lowest BCUT2D eigenvalue weighted by Gasteiger charge is -2.14. The molecular weight excluding hydrogens is 258 g/mol. The standard InChI is InChI=1S/C14H29N3O3/c1-11(2)10-20-8-6-7-16-14(15-4)17-9-12(3)13(18)19-5/h11-12H,6-10H2,1-5H3,(H2,15,16,17). The monoisotopic (exact) mass is 287 g/mol. The van der Waals surface area contributed by atoms with Crippen molar-refractivity contribution in [2.45, 2.75) is 27.2 Å². The quantitative estimate of drug-likeness (QED) is 0.287. The molecule has 0 aromatic heterocycles. The summed E-state index contributed by atoms with van der Waals surface area (Å²) in [6, 6.07) is 0. The molecule has 20 heavy (non-hydrogen) atoms. The van der Waals surface area contributed by atoms with E-state index < -0.39 is 0 Å². The Kier molecular flexibility index (Phi) is 10.8. The van der Waals surface area contributed by atoms with E-state index in [9.17, 15) is 4.79 Å². The maximum Gasteiger partial charge on any atom is 0.310 e. The first-order valence-electron chi connectivity index (χ1n) is 7.11. The Hall–Kier alpha value is -1.30. The number of rotatable bonds is 9. The highest BCUT2D eigenvalue weighted by Crippen LogP contribution is 1.95. The molecule has 118 valence electrons. The van der Waals surface area contributed by atoms with Gasteiger partial charge in [0.25, 0.3) is 0 Å². The van der Waals surface area contributed by atoms with Gasteiger partial charge in [-0.1, -0.05) is 20.8 Å². The second-order valence-electron chi connectivity index (χ2n) is 5.13. The molecule has 0 amide bonds. The number of ether oxygens (including phenoxy) is 2. The van der Waals surface area contributed by atoms with Crippen molar-refractivity contribution in [1.29, 1.82) is 0 Å². The van der Waals surface area contributed by atoms with Crippen LogP contribution >= 0.6 is 0 Å². The molecule has 0 aliphatic rings. The molecule has 1 unspecified atom stereocenters. The number of nitrogens with zero attached hydrogens (tertiary/aromatic N) is 1. The molecule has 0 aliphatic heterocycles. The topological polar surface area (TPSA) is 72.0 Å². The molecule has 0 bridgehead atoms. The van der Waals surface area contributed by atoms with E-state index in [0.29, 0.717) is 18.4 Å². The van der Waals surface area contributed by atoms with Crippen LogP contribution in [0.25, 0.3) is 0 Å². The summed E-state index contributed by atoms with van der Waals surface area (Å²) in [6.45, 7) is 8.88. The molecular formula is C14H29N3O3. The van der Waals surface area contributed by atoms with Gasteiger partial charge in [0.15, 0.2) is 5.96 Å². The van der Waals surface area contributed by atoms with Crippen LogP contribution in [0.2, 0.25) is 0 Å². The van der Waals surface area contributed by atoms with Gasteiger partial charge in [0.05, 0.1) is 13.0 Å². The van der Waals surface area contributed by atoms with Crippen molar-refractivity contribution in [3.05, 3.63) is 0 Å². The largest absolute Gasteiger partial charge is 0.469 e. The van der Waals surface area contributed by atoms with Crippen molar-refractivity contribution in [1.82, 2.24) is 10.6 Å². The van der Waals surface area contributed by atoms with E-state index in [1.807, 2.05) is 6.92 Å². The number of methoxy groups -OCH3 is 1. The Balaban J connectivity index is 3.70. The summed E-state index contributed by atoms with van der Waals surface area (Å²) < 4.78 is 10.2. The Morgan fingerprint density at radius 2 is 1.95 bits per heavy atom. The molecule has 0 aromatic carbocycles. The fourth-order valence-corrected chi connectivity index (χ4v) is 1.45. The first kappa shape index (κ1) is 18.7. The Morgan fingerprint density at radius 1 is 1.25 bits per heavy atom. The number of carbonyl (C=O) groups excluding carboxylic acids is 1. The van der Waals surface area contributed by atoms with Crippen molar-refractivity contribution < 1.29 is 14.3 Å². The van der Waals surface area contributed by atoms with Crippen molar-refractivity contribution in [3.63, 3.8) is 0 Å². The predicted octanol–water partition coefficient (Wildman–Crippen LogP) is 1.02. The zero-order chi connectivity index (χ0) is 15.4. The molecule has 0 saturated heterocycles. The van der Waals surface area contributed by atoms with Gasteiger partial charge in [-0.15, -0.1) is 0 Å². The van der Waals surface area contributed by atoms with Gasteiger partial charge >= 0.3 is 5.97 Å². The SMILES string of the molecule is CN=C(NCCCOCC(C)C)NCC(C)C(=O)OC. The van der Waals surface area contributed by atoms with Gasteiger partial charge in [0, 0.05) is 33.4 Å². The Labute approximate surface area is 122 Å². The van der Waals surface area contributed by atoms with Crippen LogP contribution in [0, 0.1) is 11.8 Å². The van der Waals surface area contributed by atoms with Gasteiger partial charge in [-0.05, 0) is 12.3 Å². The average molecular weight is 287 g/mol. The number of aliphatic imine (C=N–C) groups is 1. The van der Waals surface area contributed by atoms with Crippen LogP contribution in [0.5, 0.6) is 0 Å². The van der Waals surface area contributed by atoms with E-state index in [-0.39, 0.29) is 11.9 Å². The zero-order valence-electron chi connectivity index (χ0n) is 13.4. The third kappa shape index (κ3) is 9.61. The van der Waals surface area contributed by atoms with Crippen LogP contribution in [-0.4, -0.2) is 52.4 Å². The lowest BCUT2D eigenvalue weighted by Crippen LogP contribution is -2.41. The third-order valence-corrected chi connectivity index (χ3v) is 2.61. The van der Waals surface area contributed by atoms with Gasteiger partial charge in [0.1, 0.15) is 0 Å². The summed E-state index contributed by atoms with van der Waals surface area (Å²) >= 11 is 0. The molecule has 6 heteroatoms. The van der Waals surface area contributed by atoms with Crippen LogP contribution in [0.4, 0.5) is 0 Å². The second kappa shape index (κ2) is 11.5. The van der Waals surface area contributed by atoms with E-state index >= 15 is 0 Å². The Morgan fingerprint density at radius 3 is 2.50 bits per heavy atom. The lowest BCUT2D eigenvalue weighted by atomic mass is 10.2. The molecule has 0 spiro atoms. The summed E-state index contributed by atoms with van der Waals surface area (Å²) in [4.78, 5) is 15.4. The van der Waals surface area contributed by atoms with E-state index in [0.717, 1.165) is 26.2 Å². The normalized spacial score (nSPS) is 13.2. The van der Waals surface area contributed by atoms with Crippen LogP contribution in [-0.2, 0) is 14.3 Å². The van der Waals surface area contributed by atoms with E-state index in [4.69, 9.17) is 4.74 Å². The summed E-state index contributed by atoms with van der Waals surface area (Å²) in [7, 11) is 3.09. The molecule has 1 atom stereocenters. The van der Waals surface area contributed by atoms with Gasteiger partial charge in [-0.3, -0.25) is 9.79 Å². The molecule has 2 N–H and O–H groups in total. The fourth-order valence-electron chi connectivity index (χ4n) is 1.45. The van der Waals surface area contributed by atoms with Gasteiger partial charge in [-0.2, -0.15) is 0 Å². The molecule has 6 nitrogen and oxygen atoms in total. The summed E-state index contributed by atoms with van der Waals surface area (Å²) in [5, 5.41) is 6.27. The molecule has 0 saturated carbocycles. The van der Waals surface area contributed by atoms with Crippen molar-refractivity contribution in [3.8, 4) is 0 Å². The van der Waals surface area contributed by atoms with Crippen LogP contribution in [0.15, 0.2) is 4.99 Å². The average Bonchev–Trinajstić information content (AvgIpc) is 2.44. The number of hydrogen-bond donors (Lipinski definition) is 2. The predicted molar refractivity (Wildman–Crippen MR) is 80.8 cm³/mol. The maximum absolute atomic E-state index is 11.3. The summed E-state index contributed by atoms with van der Waals surface area (Å²) in [5.74, 6) is 0.824. The minimum atomic E-state index is -0.227. The third-order valence-electron chi connectivity index (χ3n) is 2.61. The number of esters is 1. The molecule has 0 aromatic rings. The Bertz CT molecular complexity index is 293. The first-order valence-corrected chi connectivity index (χ1v) is 7.11. The van der Waals surface area contributed by atoms with Crippen LogP contribution in [0.3, 0.4) is 0 Å². The fraction of sp³-hybridized carbons (Fsp3) is 0.857. The maximum atomic E-state index is 11.3. The number of carbonyl (C=O) groups is 1. The van der Waals surface area contributed by atoms with E-state index in [1.54, 1.807) is 7.05 Å². The van der Waals surface area contributed by atoms with Crippen molar-refractivity contribution in [2.24, 2.45) is 16.8 Å². The molecule has 0 fully saturated rings. The number of nitrogens with one attached hydrogen (secondary N) is 2. The van der Waals surface area contributed by atoms with E-state index in [2.05, 4.69) is 34.2 Å². The van der Waals surface area contributed by atoms with Gasteiger partial charge in [-0.25, -0.2) is 0 Å². The van der Waals surface area contributed by atoms with Crippen molar-refractivity contribution in [2.75, 3.05) is 40.5 Å². The second-order valence-corrected chi connectivity index (χ2v) is 5.13. The minimum absolute atomic E-state index is 0.201. The van der Waals surface area contributed by atoms with Gasteiger partial charge < -0.3 is 20.1 Å². The zero-order valence-corrected chi connectivity index (χ0v) is 13.4. The van der Waals surface area contributed by atoms with Gasteiger partial charge in [0.2, 0.25) is 0 Å². The van der Waals surface area contributed by atoms with E-state index in [1.165, 1.54) is 7.11 Å². The van der Waals surface area contributed by atoms with Crippen molar-refractivity contribution >= 4 is 11.9 Å². The molecule has 0 aliphatic carbocycles. The van der Waals surface area contributed by atoms with Crippen LogP contribution in [0.1, 0.15) is 27.2 Å². The number of guanidine groups is 1. The highest BCUT2D eigenvalue weighted by Gasteiger charge is 2.12. The number of hydrogen-bond acceptors (Lipinski definition) is 4. The first-order chi connectivity index (χ1) is 9.51. The summed E-state index contributed by atoms with van der Waals surface area (Å²) in [5.41, 5.74) is 0. The molecule has 0 heterocycles. The molecule has 0 rings (SSSR count). The highest BCUT2D eigenvalue weighted by atomic mass is 16.5. The smallest absolute Gasteiger partial charge is 0.310 e. The molecule has 0 radical (unpaired) electrons. The lowest BCUT2D eigenvalue weighted by molar-refractivity contribution is -0.144.